The largest absolute Gasteiger partial charge is 0.477 e. The fourth-order valence-corrected chi connectivity index (χ4v) is 0.565. The van der Waals surface area contributed by atoms with Crippen molar-refractivity contribution in [3.05, 3.63) is 0 Å². The van der Waals surface area contributed by atoms with Crippen molar-refractivity contribution in [2.24, 2.45) is 9.98 Å². The van der Waals surface area contributed by atoms with E-state index >= 15 is 0 Å². The van der Waals surface area contributed by atoms with Gasteiger partial charge in [0.1, 0.15) is 12.1 Å². The van der Waals surface area contributed by atoms with Crippen LogP contribution in [0, 0.1) is 0 Å². The first-order valence-corrected chi connectivity index (χ1v) is 2.59. The first-order chi connectivity index (χ1) is 4.30. The molecule has 0 spiro atoms. The van der Waals surface area contributed by atoms with E-state index < -0.39 is 5.97 Å². The number of aliphatic imine (C=N–C) groups is 2. The van der Waals surface area contributed by atoms with E-state index in [0.717, 1.165) is 0 Å². The van der Waals surface area contributed by atoms with Crippen LogP contribution >= 0.6 is 0 Å². The first-order valence-electron chi connectivity index (χ1n) is 2.59. The third kappa shape index (κ3) is 1.35. The number of nitrogens with zero attached hydrogens (tertiary/aromatic N) is 2. The van der Waals surface area contributed by atoms with Crippen LogP contribution in [0.1, 0.15) is 6.42 Å². The number of aliphatic carboxylic acids is 1. The molecule has 0 aromatic rings. The lowest BCUT2D eigenvalue weighted by atomic mass is 10.2. The second kappa shape index (κ2) is 2.39. The van der Waals surface area contributed by atoms with Gasteiger partial charge in [-0.15, -0.1) is 0 Å². The van der Waals surface area contributed by atoms with Crippen LogP contribution in [-0.4, -0.2) is 29.7 Å². The Morgan fingerprint density at radius 2 is 2.56 bits per heavy atom. The molecule has 4 heteroatoms. The molecule has 0 saturated carbocycles. The highest BCUT2D eigenvalue weighted by Gasteiger charge is 2.08. The fourth-order valence-electron chi connectivity index (χ4n) is 0.565. The molecule has 0 saturated heterocycles. The molecule has 48 valence electrons. The van der Waals surface area contributed by atoms with Crippen LogP contribution in [-0.2, 0) is 4.79 Å². The van der Waals surface area contributed by atoms with E-state index in [0.29, 0.717) is 13.0 Å². The maximum absolute atomic E-state index is 10.2. The Kier molecular flexibility index (Phi) is 1.58. The molecule has 1 heterocycles. The number of carboxylic acids is 1. The van der Waals surface area contributed by atoms with Gasteiger partial charge in [-0.1, -0.05) is 0 Å². The predicted molar refractivity (Wildman–Crippen MR) is 33.0 cm³/mol. The van der Waals surface area contributed by atoms with Gasteiger partial charge in [0.05, 0.1) is 0 Å². The SMILES string of the molecule is O=C(O)C1=NC=NCC1. The average Bonchev–Trinajstić information content (AvgIpc) is 1.90. The Balaban J connectivity index is 2.68. The molecule has 0 aromatic carbocycles. The van der Waals surface area contributed by atoms with E-state index in [-0.39, 0.29) is 5.71 Å². The van der Waals surface area contributed by atoms with Gasteiger partial charge in [0.15, 0.2) is 0 Å². The predicted octanol–water partition coefficient (Wildman–Crippen LogP) is -0.0560. The van der Waals surface area contributed by atoms with E-state index in [1.807, 2.05) is 0 Å². The Morgan fingerprint density at radius 1 is 1.78 bits per heavy atom. The molecule has 1 aliphatic heterocycles. The minimum absolute atomic E-state index is 0.199. The lowest BCUT2D eigenvalue weighted by molar-refractivity contribution is -0.129. The summed E-state index contributed by atoms with van der Waals surface area (Å²) in [6, 6.07) is 0. The van der Waals surface area contributed by atoms with Crippen molar-refractivity contribution in [2.75, 3.05) is 6.54 Å². The van der Waals surface area contributed by atoms with Gasteiger partial charge in [-0.05, 0) is 0 Å². The second-order valence-electron chi connectivity index (χ2n) is 1.65. The zero-order valence-electron chi connectivity index (χ0n) is 4.74. The number of rotatable bonds is 1. The van der Waals surface area contributed by atoms with Crippen LogP contribution in [0.25, 0.3) is 0 Å². The van der Waals surface area contributed by atoms with E-state index in [1.165, 1.54) is 6.34 Å². The third-order valence-corrected chi connectivity index (χ3v) is 1.02. The van der Waals surface area contributed by atoms with Crippen molar-refractivity contribution in [1.29, 1.82) is 0 Å². The molecular formula is C5H6N2O2. The minimum Gasteiger partial charge on any atom is -0.477 e. The highest BCUT2D eigenvalue weighted by atomic mass is 16.4. The molecule has 1 N–H and O–H groups in total. The van der Waals surface area contributed by atoms with Crippen LogP contribution in [0.2, 0.25) is 0 Å². The number of hydrogen-bond acceptors (Lipinski definition) is 3. The molecule has 0 amide bonds. The summed E-state index contributed by atoms with van der Waals surface area (Å²) in [7, 11) is 0. The van der Waals surface area contributed by atoms with Gasteiger partial charge in [0.2, 0.25) is 0 Å². The molecule has 0 atom stereocenters. The van der Waals surface area contributed by atoms with Crippen molar-refractivity contribution in [1.82, 2.24) is 0 Å². The summed E-state index contributed by atoms with van der Waals surface area (Å²) in [5.41, 5.74) is 0.199. The standard InChI is InChI=1S/C5H6N2O2/c8-5(9)4-1-2-6-3-7-4/h3H,1-2H2,(H,8,9). The van der Waals surface area contributed by atoms with Crippen LogP contribution in [0.3, 0.4) is 0 Å². The van der Waals surface area contributed by atoms with Crippen molar-refractivity contribution in [3.8, 4) is 0 Å². The summed E-state index contributed by atoms with van der Waals surface area (Å²) < 4.78 is 0. The zero-order chi connectivity index (χ0) is 6.69. The van der Waals surface area contributed by atoms with Crippen LogP contribution in [0.4, 0.5) is 0 Å². The topological polar surface area (TPSA) is 62.0 Å². The van der Waals surface area contributed by atoms with Crippen LogP contribution in [0.5, 0.6) is 0 Å². The molecule has 1 aliphatic rings. The van der Waals surface area contributed by atoms with E-state index in [4.69, 9.17) is 5.11 Å². The Morgan fingerprint density at radius 3 is 2.89 bits per heavy atom. The maximum Gasteiger partial charge on any atom is 0.350 e. The van der Waals surface area contributed by atoms with Gasteiger partial charge in [-0.25, -0.2) is 9.79 Å². The normalized spacial score (nSPS) is 17.1. The van der Waals surface area contributed by atoms with Crippen molar-refractivity contribution < 1.29 is 9.90 Å². The zero-order valence-corrected chi connectivity index (χ0v) is 4.74. The monoisotopic (exact) mass is 126 g/mol. The molecule has 1 rings (SSSR count). The Hall–Kier alpha value is -1.19. The van der Waals surface area contributed by atoms with Gasteiger partial charge in [-0.2, -0.15) is 0 Å². The summed E-state index contributed by atoms with van der Waals surface area (Å²) in [5.74, 6) is -0.943. The summed E-state index contributed by atoms with van der Waals surface area (Å²) in [4.78, 5) is 17.5. The van der Waals surface area contributed by atoms with Gasteiger partial charge < -0.3 is 5.11 Å². The lowest BCUT2D eigenvalue weighted by Gasteiger charge is -1.99. The molecule has 4 nitrogen and oxygen atoms in total. The smallest absolute Gasteiger partial charge is 0.350 e. The number of carbonyl (C=O) groups is 1. The molecule has 0 aromatic heterocycles. The molecular weight excluding hydrogens is 120 g/mol. The van der Waals surface area contributed by atoms with E-state index in [9.17, 15) is 4.79 Å². The van der Waals surface area contributed by atoms with Gasteiger partial charge >= 0.3 is 5.97 Å². The van der Waals surface area contributed by atoms with Crippen LogP contribution < -0.4 is 0 Å². The summed E-state index contributed by atoms with van der Waals surface area (Å²) in [6.45, 7) is 0.547. The third-order valence-electron chi connectivity index (χ3n) is 1.02. The lowest BCUT2D eigenvalue weighted by Crippen LogP contribution is -2.16. The highest BCUT2D eigenvalue weighted by molar-refractivity contribution is 6.37. The quantitative estimate of drug-likeness (QED) is 0.535. The van der Waals surface area contributed by atoms with Crippen molar-refractivity contribution in [3.63, 3.8) is 0 Å². The van der Waals surface area contributed by atoms with Gasteiger partial charge in [0, 0.05) is 13.0 Å². The minimum atomic E-state index is -0.943. The first kappa shape index (κ1) is 5.94. The highest BCUT2D eigenvalue weighted by Crippen LogP contribution is 1.92. The fraction of sp³-hybridized carbons (Fsp3) is 0.400. The average molecular weight is 126 g/mol. The molecule has 0 unspecified atom stereocenters. The Bertz CT molecular complexity index is 183. The molecule has 0 radical (unpaired) electrons. The van der Waals surface area contributed by atoms with Crippen molar-refractivity contribution >= 4 is 18.0 Å². The van der Waals surface area contributed by atoms with E-state index in [2.05, 4.69) is 9.98 Å². The van der Waals surface area contributed by atoms with Gasteiger partial charge in [0.25, 0.3) is 0 Å². The molecule has 0 bridgehead atoms. The molecule has 0 fully saturated rings. The maximum atomic E-state index is 10.2. The number of carboxylic acid groups (broad SMARTS) is 1. The van der Waals surface area contributed by atoms with Gasteiger partial charge in [-0.3, -0.25) is 4.99 Å². The van der Waals surface area contributed by atoms with Crippen molar-refractivity contribution in [2.45, 2.75) is 6.42 Å². The summed E-state index contributed by atoms with van der Waals surface area (Å²) in [5, 5.41) is 8.35. The number of hydrogen-bond donors (Lipinski definition) is 1. The van der Waals surface area contributed by atoms with Crippen LogP contribution in [0.15, 0.2) is 9.98 Å². The summed E-state index contributed by atoms with van der Waals surface area (Å²) in [6.07, 6.45) is 1.73. The molecule has 9 heavy (non-hydrogen) atoms. The molecule has 0 aliphatic carbocycles. The Labute approximate surface area is 51.9 Å². The second-order valence-corrected chi connectivity index (χ2v) is 1.65. The summed E-state index contributed by atoms with van der Waals surface area (Å²) >= 11 is 0. The van der Waals surface area contributed by atoms with E-state index in [1.54, 1.807) is 0 Å².